The summed E-state index contributed by atoms with van der Waals surface area (Å²) in [5.74, 6) is -1.15. The van der Waals surface area contributed by atoms with E-state index in [1.807, 2.05) is 6.92 Å². The minimum Gasteiger partial charge on any atom is -0.480 e. The quantitative estimate of drug-likeness (QED) is 0.703. The molecule has 0 aromatic carbocycles. The van der Waals surface area contributed by atoms with Crippen molar-refractivity contribution in [3.8, 4) is 0 Å². The van der Waals surface area contributed by atoms with E-state index in [9.17, 15) is 13.2 Å². The zero-order valence-electron chi connectivity index (χ0n) is 10.9. The highest BCUT2D eigenvalue weighted by Gasteiger charge is 2.30. The molecule has 0 spiro atoms. The molecule has 102 valence electrons. The molecule has 0 aromatic heterocycles. The number of carboxylic acid groups (broad SMARTS) is 1. The Balaban J connectivity index is 4.88. The van der Waals surface area contributed by atoms with Gasteiger partial charge in [-0.3, -0.25) is 4.79 Å². The fourth-order valence-electron chi connectivity index (χ4n) is 1.34. The molecule has 0 aliphatic carbocycles. The molecule has 1 N–H and O–H groups in total. The summed E-state index contributed by atoms with van der Waals surface area (Å²) in [6.45, 7) is 5.19. The maximum Gasteiger partial charge on any atom is 0.318 e. The molecule has 0 aromatic rings. The SMILES string of the molecule is CCCCN(C)S(=O)(=O)N(CC(=O)O)C(C)C. The first-order chi connectivity index (χ1) is 7.73. The second kappa shape index (κ2) is 6.93. The number of aliphatic carboxylic acids is 1. The van der Waals surface area contributed by atoms with E-state index in [0.717, 1.165) is 17.1 Å². The molecule has 0 atom stereocenters. The van der Waals surface area contributed by atoms with Crippen molar-refractivity contribution in [3.05, 3.63) is 0 Å². The molecule has 0 amide bonds. The summed E-state index contributed by atoms with van der Waals surface area (Å²) in [7, 11) is -2.21. The minimum atomic E-state index is -3.68. The normalized spacial score (nSPS) is 12.6. The molecular formula is C10H22N2O4S. The molecule has 0 aliphatic rings. The fraction of sp³-hybridized carbons (Fsp3) is 0.900. The van der Waals surface area contributed by atoms with E-state index in [4.69, 9.17) is 5.11 Å². The van der Waals surface area contributed by atoms with Crippen molar-refractivity contribution < 1.29 is 18.3 Å². The van der Waals surface area contributed by atoms with Crippen LogP contribution in [0.25, 0.3) is 0 Å². The van der Waals surface area contributed by atoms with Crippen LogP contribution in [0.5, 0.6) is 0 Å². The van der Waals surface area contributed by atoms with Crippen molar-refractivity contribution >= 4 is 16.2 Å². The van der Waals surface area contributed by atoms with Crippen LogP contribution >= 0.6 is 0 Å². The van der Waals surface area contributed by atoms with E-state index in [2.05, 4.69) is 0 Å². The molecule has 17 heavy (non-hydrogen) atoms. The van der Waals surface area contributed by atoms with Crippen molar-refractivity contribution in [2.75, 3.05) is 20.1 Å². The van der Waals surface area contributed by atoms with Crippen LogP contribution in [0, 0.1) is 0 Å². The van der Waals surface area contributed by atoms with Crippen molar-refractivity contribution in [3.63, 3.8) is 0 Å². The number of rotatable bonds is 8. The Morgan fingerprint density at radius 2 is 1.88 bits per heavy atom. The zero-order chi connectivity index (χ0) is 13.6. The Morgan fingerprint density at radius 1 is 1.35 bits per heavy atom. The lowest BCUT2D eigenvalue weighted by Gasteiger charge is -2.29. The highest BCUT2D eigenvalue weighted by atomic mass is 32.2. The van der Waals surface area contributed by atoms with Crippen LogP contribution in [0.4, 0.5) is 0 Å². The summed E-state index contributed by atoms with van der Waals surface area (Å²) in [5, 5.41) is 8.73. The van der Waals surface area contributed by atoms with Gasteiger partial charge in [0.25, 0.3) is 10.2 Å². The second-order valence-corrected chi connectivity index (χ2v) is 6.20. The Bertz CT molecular complexity index is 340. The number of hydrogen-bond acceptors (Lipinski definition) is 3. The lowest BCUT2D eigenvalue weighted by molar-refractivity contribution is -0.137. The van der Waals surface area contributed by atoms with E-state index in [-0.39, 0.29) is 6.04 Å². The average Bonchev–Trinajstić information content (AvgIpc) is 2.21. The van der Waals surface area contributed by atoms with E-state index < -0.39 is 22.7 Å². The molecule has 0 saturated carbocycles. The highest BCUT2D eigenvalue weighted by Crippen LogP contribution is 2.11. The van der Waals surface area contributed by atoms with Gasteiger partial charge in [0.15, 0.2) is 0 Å². The van der Waals surface area contributed by atoms with E-state index in [1.165, 1.54) is 11.4 Å². The van der Waals surface area contributed by atoms with Crippen LogP contribution < -0.4 is 0 Å². The molecule has 0 saturated heterocycles. The standard InChI is InChI=1S/C10H22N2O4S/c1-5-6-7-11(4)17(15,16)12(9(2)3)8-10(13)14/h9H,5-8H2,1-4H3,(H,13,14). The van der Waals surface area contributed by atoms with Crippen LogP contribution in [0.1, 0.15) is 33.6 Å². The summed E-state index contributed by atoms with van der Waals surface area (Å²) in [6, 6.07) is -0.375. The number of nitrogens with zero attached hydrogens (tertiary/aromatic N) is 2. The van der Waals surface area contributed by atoms with Crippen LogP contribution in [0.15, 0.2) is 0 Å². The smallest absolute Gasteiger partial charge is 0.318 e. The second-order valence-electron chi connectivity index (χ2n) is 4.22. The van der Waals surface area contributed by atoms with Crippen LogP contribution in [-0.4, -0.2) is 54.3 Å². The Kier molecular flexibility index (Phi) is 6.66. The molecule has 0 rings (SSSR count). The molecule has 0 fully saturated rings. The third kappa shape index (κ3) is 5.01. The molecule has 0 aliphatic heterocycles. The first kappa shape index (κ1) is 16.3. The lowest BCUT2D eigenvalue weighted by Crippen LogP contribution is -2.47. The Labute approximate surface area is 103 Å². The summed E-state index contributed by atoms with van der Waals surface area (Å²) >= 11 is 0. The van der Waals surface area contributed by atoms with E-state index in [0.29, 0.717) is 6.54 Å². The molecule has 0 radical (unpaired) electrons. The van der Waals surface area contributed by atoms with Crippen molar-refractivity contribution in [2.45, 2.75) is 39.7 Å². The maximum absolute atomic E-state index is 12.1. The predicted molar refractivity (Wildman–Crippen MR) is 65.9 cm³/mol. The average molecular weight is 266 g/mol. The largest absolute Gasteiger partial charge is 0.480 e. The van der Waals surface area contributed by atoms with Gasteiger partial charge in [-0.25, -0.2) is 0 Å². The summed E-state index contributed by atoms with van der Waals surface area (Å²) < 4.78 is 26.4. The lowest BCUT2D eigenvalue weighted by atomic mass is 10.3. The fourth-order valence-corrected chi connectivity index (χ4v) is 2.86. The van der Waals surface area contributed by atoms with Crippen molar-refractivity contribution in [2.24, 2.45) is 0 Å². The minimum absolute atomic E-state index is 0.375. The first-order valence-corrected chi connectivity index (χ1v) is 7.08. The van der Waals surface area contributed by atoms with Crippen LogP contribution in [0.2, 0.25) is 0 Å². The molecule has 0 unspecified atom stereocenters. The van der Waals surface area contributed by atoms with Gasteiger partial charge in [-0.15, -0.1) is 0 Å². The third-order valence-corrected chi connectivity index (χ3v) is 4.50. The van der Waals surface area contributed by atoms with Gasteiger partial charge in [-0.05, 0) is 20.3 Å². The number of carbonyl (C=O) groups is 1. The Hall–Kier alpha value is -0.660. The number of unbranched alkanes of at least 4 members (excludes halogenated alkanes) is 1. The van der Waals surface area contributed by atoms with Crippen LogP contribution in [-0.2, 0) is 15.0 Å². The molecular weight excluding hydrogens is 244 g/mol. The topological polar surface area (TPSA) is 77.9 Å². The van der Waals surface area contributed by atoms with E-state index >= 15 is 0 Å². The van der Waals surface area contributed by atoms with Crippen molar-refractivity contribution in [1.82, 2.24) is 8.61 Å². The van der Waals surface area contributed by atoms with Gasteiger partial charge in [-0.1, -0.05) is 13.3 Å². The van der Waals surface area contributed by atoms with Crippen LogP contribution in [0.3, 0.4) is 0 Å². The third-order valence-electron chi connectivity index (χ3n) is 2.38. The number of hydrogen-bond donors (Lipinski definition) is 1. The van der Waals surface area contributed by atoms with Gasteiger partial charge in [0.2, 0.25) is 0 Å². The predicted octanol–water partition coefficient (Wildman–Crippen LogP) is 0.758. The number of carboxylic acids is 1. The maximum atomic E-state index is 12.1. The van der Waals surface area contributed by atoms with Gasteiger partial charge in [0.1, 0.15) is 6.54 Å². The van der Waals surface area contributed by atoms with Gasteiger partial charge in [-0.2, -0.15) is 17.0 Å². The summed E-state index contributed by atoms with van der Waals surface area (Å²) in [5.41, 5.74) is 0. The highest BCUT2D eigenvalue weighted by molar-refractivity contribution is 7.86. The van der Waals surface area contributed by atoms with Crippen molar-refractivity contribution in [1.29, 1.82) is 0 Å². The summed E-state index contributed by atoms with van der Waals surface area (Å²) in [4.78, 5) is 10.7. The van der Waals surface area contributed by atoms with Gasteiger partial charge >= 0.3 is 5.97 Å². The van der Waals surface area contributed by atoms with Gasteiger partial charge in [0.05, 0.1) is 0 Å². The molecule has 6 nitrogen and oxygen atoms in total. The summed E-state index contributed by atoms with van der Waals surface area (Å²) in [6.07, 6.45) is 1.65. The molecule has 0 heterocycles. The monoisotopic (exact) mass is 266 g/mol. The Morgan fingerprint density at radius 3 is 2.24 bits per heavy atom. The molecule has 0 bridgehead atoms. The van der Waals surface area contributed by atoms with Gasteiger partial charge in [0, 0.05) is 19.6 Å². The first-order valence-electron chi connectivity index (χ1n) is 5.68. The molecule has 7 heteroatoms. The van der Waals surface area contributed by atoms with Gasteiger partial charge < -0.3 is 5.11 Å². The van der Waals surface area contributed by atoms with E-state index in [1.54, 1.807) is 13.8 Å². The zero-order valence-corrected chi connectivity index (χ0v) is 11.7.